The van der Waals surface area contributed by atoms with Crippen molar-refractivity contribution in [3.05, 3.63) is 28.3 Å². The van der Waals surface area contributed by atoms with Crippen LogP contribution >= 0.6 is 11.6 Å². The summed E-state index contributed by atoms with van der Waals surface area (Å²) in [4.78, 5) is 3.26. The first-order valence-electron chi connectivity index (χ1n) is 3.39. The highest BCUT2D eigenvalue weighted by Gasteiger charge is 2.20. The number of pyridine rings is 1. The second-order valence-electron chi connectivity index (χ2n) is 2.29. The van der Waals surface area contributed by atoms with Crippen LogP contribution in [0.5, 0.6) is 0 Å². The van der Waals surface area contributed by atoms with Crippen molar-refractivity contribution in [3.63, 3.8) is 0 Å². The predicted octanol–water partition coefficient (Wildman–Crippen LogP) is 2.27. The second-order valence-corrected chi connectivity index (χ2v) is 2.65. The van der Waals surface area contributed by atoms with Crippen LogP contribution in [0.15, 0.2) is 6.20 Å². The van der Waals surface area contributed by atoms with Crippen LogP contribution in [0.2, 0.25) is 5.15 Å². The maximum absolute atomic E-state index is 12.9. The summed E-state index contributed by atoms with van der Waals surface area (Å²) in [5.74, 6) is -0.859. The SMILES string of the molecule is NCc1c(F)cnc(Cl)c1C(F)F. The average Bonchev–Trinajstić information content (AvgIpc) is 2.07. The standard InChI is InChI=1S/C7H6ClF3N2/c8-6-5(7(10)11)3(1-12)4(9)2-13-6/h2,7H,1,12H2. The summed E-state index contributed by atoms with van der Waals surface area (Å²) < 4.78 is 37.5. The molecule has 2 N–H and O–H groups in total. The molecule has 0 spiro atoms. The van der Waals surface area contributed by atoms with E-state index in [1.54, 1.807) is 0 Å². The van der Waals surface area contributed by atoms with Crippen LogP contribution in [-0.4, -0.2) is 4.98 Å². The van der Waals surface area contributed by atoms with Crippen molar-refractivity contribution >= 4 is 11.6 Å². The zero-order valence-corrected chi connectivity index (χ0v) is 7.15. The molecule has 2 nitrogen and oxygen atoms in total. The van der Waals surface area contributed by atoms with Crippen LogP contribution in [0.4, 0.5) is 13.2 Å². The lowest BCUT2D eigenvalue weighted by molar-refractivity contribution is 0.149. The first-order chi connectivity index (χ1) is 6.07. The van der Waals surface area contributed by atoms with E-state index >= 15 is 0 Å². The molecule has 0 radical (unpaired) electrons. The number of alkyl halides is 2. The van der Waals surface area contributed by atoms with Crippen LogP contribution in [0.3, 0.4) is 0 Å². The van der Waals surface area contributed by atoms with Gasteiger partial charge in [0, 0.05) is 12.1 Å². The lowest BCUT2D eigenvalue weighted by atomic mass is 10.1. The minimum absolute atomic E-state index is 0.282. The van der Waals surface area contributed by atoms with Crippen molar-refractivity contribution in [1.82, 2.24) is 4.98 Å². The number of nitrogens with zero attached hydrogens (tertiary/aromatic N) is 1. The van der Waals surface area contributed by atoms with Crippen LogP contribution in [0, 0.1) is 5.82 Å². The van der Waals surface area contributed by atoms with E-state index in [4.69, 9.17) is 17.3 Å². The molecule has 0 atom stereocenters. The average molecular weight is 211 g/mol. The Hall–Kier alpha value is -0.810. The van der Waals surface area contributed by atoms with Gasteiger partial charge in [-0.05, 0) is 0 Å². The van der Waals surface area contributed by atoms with E-state index in [-0.39, 0.29) is 12.1 Å². The molecule has 0 bridgehead atoms. The lowest BCUT2D eigenvalue weighted by Gasteiger charge is -2.08. The molecular weight excluding hydrogens is 205 g/mol. The minimum atomic E-state index is -2.87. The smallest absolute Gasteiger partial charge is 0.267 e. The molecule has 0 unspecified atom stereocenters. The molecule has 72 valence electrons. The molecule has 0 amide bonds. The van der Waals surface area contributed by atoms with Crippen molar-refractivity contribution in [1.29, 1.82) is 0 Å². The Morgan fingerprint density at radius 3 is 2.54 bits per heavy atom. The molecule has 0 aliphatic carbocycles. The number of aromatic nitrogens is 1. The number of nitrogens with two attached hydrogens (primary N) is 1. The molecule has 6 heteroatoms. The zero-order valence-electron chi connectivity index (χ0n) is 6.40. The Morgan fingerprint density at radius 2 is 2.15 bits per heavy atom. The molecule has 1 aromatic heterocycles. The van der Waals surface area contributed by atoms with Gasteiger partial charge in [-0.25, -0.2) is 18.2 Å². The van der Waals surface area contributed by atoms with Crippen LogP contribution < -0.4 is 5.73 Å². The fraction of sp³-hybridized carbons (Fsp3) is 0.286. The van der Waals surface area contributed by atoms with Crippen molar-refractivity contribution in [3.8, 4) is 0 Å². The van der Waals surface area contributed by atoms with E-state index in [2.05, 4.69) is 4.98 Å². The van der Waals surface area contributed by atoms with Crippen LogP contribution in [-0.2, 0) is 6.54 Å². The van der Waals surface area contributed by atoms with Gasteiger partial charge in [0.1, 0.15) is 11.0 Å². The summed E-state index contributed by atoms with van der Waals surface area (Å²) in [5, 5.41) is -0.406. The topological polar surface area (TPSA) is 38.9 Å². The highest BCUT2D eigenvalue weighted by Crippen LogP contribution is 2.29. The van der Waals surface area contributed by atoms with Gasteiger partial charge in [0.15, 0.2) is 0 Å². The van der Waals surface area contributed by atoms with Crippen molar-refractivity contribution in [2.45, 2.75) is 13.0 Å². The quantitative estimate of drug-likeness (QED) is 0.761. The molecule has 13 heavy (non-hydrogen) atoms. The number of hydrogen-bond acceptors (Lipinski definition) is 2. The molecule has 1 aromatic rings. The van der Waals surface area contributed by atoms with Crippen molar-refractivity contribution in [2.75, 3.05) is 0 Å². The van der Waals surface area contributed by atoms with Crippen molar-refractivity contribution < 1.29 is 13.2 Å². The monoisotopic (exact) mass is 210 g/mol. The zero-order chi connectivity index (χ0) is 10.0. The third-order valence-corrected chi connectivity index (χ3v) is 1.85. The third-order valence-electron chi connectivity index (χ3n) is 1.55. The largest absolute Gasteiger partial charge is 0.326 e. The van der Waals surface area contributed by atoms with Crippen LogP contribution in [0.25, 0.3) is 0 Å². The first kappa shape index (κ1) is 10.3. The lowest BCUT2D eigenvalue weighted by Crippen LogP contribution is -2.07. The van der Waals surface area contributed by atoms with Gasteiger partial charge in [0.2, 0.25) is 0 Å². The number of hydrogen-bond donors (Lipinski definition) is 1. The van der Waals surface area contributed by atoms with E-state index in [9.17, 15) is 13.2 Å². The van der Waals surface area contributed by atoms with Gasteiger partial charge in [-0.3, -0.25) is 0 Å². The van der Waals surface area contributed by atoms with Crippen LogP contribution in [0.1, 0.15) is 17.6 Å². The minimum Gasteiger partial charge on any atom is -0.326 e. The molecule has 0 saturated carbocycles. The summed E-state index contributed by atoms with van der Waals surface area (Å²) in [6.07, 6.45) is -2.09. The predicted molar refractivity (Wildman–Crippen MR) is 42.1 cm³/mol. The van der Waals surface area contributed by atoms with Gasteiger partial charge < -0.3 is 5.73 Å². The fourth-order valence-corrected chi connectivity index (χ4v) is 1.19. The Balaban J connectivity index is 3.35. The highest BCUT2D eigenvalue weighted by atomic mass is 35.5. The second kappa shape index (κ2) is 3.93. The third kappa shape index (κ3) is 1.92. The van der Waals surface area contributed by atoms with E-state index in [0.29, 0.717) is 0 Å². The van der Waals surface area contributed by atoms with Gasteiger partial charge in [-0.1, -0.05) is 11.6 Å². The van der Waals surface area contributed by atoms with E-state index in [1.165, 1.54) is 0 Å². The molecule has 0 aromatic carbocycles. The summed E-state index contributed by atoms with van der Waals surface area (Å²) in [6, 6.07) is 0. The van der Waals surface area contributed by atoms with Gasteiger partial charge in [0.05, 0.1) is 11.8 Å². The first-order valence-corrected chi connectivity index (χ1v) is 3.76. The summed E-state index contributed by atoms with van der Waals surface area (Å²) in [5.41, 5.74) is 4.19. The van der Waals surface area contributed by atoms with E-state index in [1.807, 2.05) is 0 Å². The maximum Gasteiger partial charge on any atom is 0.267 e. The Kier molecular flexibility index (Phi) is 3.11. The van der Waals surface area contributed by atoms with E-state index in [0.717, 1.165) is 6.20 Å². The molecule has 0 fully saturated rings. The summed E-state index contributed by atoms with van der Waals surface area (Å²) in [7, 11) is 0. The Bertz CT molecular complexity index is 317. The normalized spacial score (nSPS) is 10.9. The fourth-order valence-electron chi connectivity index (χ4n) is 0.943. The molecular formula is C7H6ClF3N2. The van der Waals surface area contributed by atoms with Gasteiger partial charge >= 0.3 is 0 Å². The van der Waals surface area contributed by atoms with Gasteiger partial charge in [0.25, 0.3) is 6.43 Å². The maximum atomic E-state index is 12.9. The van der Waals surface area contributed by atoms with Gasteiger partial charge in [-0.15, -0.1) is 0 Å². The number of halogens is 4. The molecule has 1 heterocycles. The number of rotatable bonds is 2. The highest BCUT2D eigenvalue weighted by molar-refractivity contribution is 6.30. The Labute approximate surface area is 77.5 Å². The summed E-state index contributed by atoms with van der Waals surface area (Å²) >= 11 is 5.36. The molecule has 1 rings (SSSR count). The van der Waals surface area contributed by atoms with Crippen molar-refractivity contribution in [2.24, 2.45) is 5.73 Å². The van der Waals surface area contributed by atoms with E-state index < -0.39 is 23.0 Å². The molecule has 0 aliphatic heterocycles. The summed E-state index contributed by atoms with van der Waals surface area (Å²) in [6.45, 7) is -0.326. The molecule has 0 saturated heterocycles. The molecule has 0 aliphatic rings. The van der Waals surface area contributed by atoms with Gasteiger partial charge in [-0.2, -0.15) is 0 Å². The Morgan fingerprint density at radius 1 is 1.54 bits per heavy atom.